The van der Waals surface area contributed by atoms with Gasteiger partial charge in [0.05, 0.1) is 6.92 Å². The Bertz CT molecular complexity index is 191. The first-order valence-electron chi connectivity index (χ1n) is 3.31. The molecule has 0 amide bonds. The molecule has 0 aliphatic heterocycles. The van der Waals surface area contributed by atoms with E-state index < -0.39 is 22.1 Å². The lowest BCUT2D eigenvalue weighted by Crippen LogP contribution is -2.47. The Morgan fingerprint density at radius 1 is 1.31 bits per heavy atom. The Kier molecular flexibility index (Phi) is 4.21. The van der Waals surface area contributed by atoms with Crippen LogP contribution < -0.4 is 0 Å². The van der Waals surface area contributed by atoms with Crippen LogP contribution in [0, 0.1) is 20.2 Å². The molecule has 0 unspecified atom stereocenters. The number of methoxy groups -OCH3 is 1. The third-order valence-corrected chi connectivity index (χ3v) is 1.36. The van der Waals surface area contributed by atoms with Crippen molar-refractivity contribution >= 4 is 0 Å². The highest BCUT2D eigenvalue weighted by molar-refractivity contribution is 4.57. The van der Waals surface area contributed by atoms with Crippen molar-refractivity contribution in [3.63, 3.8) is 0 Å². The number of nitro groups is 2. The van der Waals surface area contributed by atoms with Crippen LogP contribution in [0.1, 0.15) is 6.92 Å². The van der Waals surface area contributed by atoms with Gasteiger partial charge in [0, 0.05) is 7.11 Å². The minimum absolute atomic E-state index is 0.211. The fourth-order valence-corrected chi connectivity index (χ4v) is 0.490. The topological polar surface area (TPSA) is 105 Å². The SMILES string of the molecule is COCOCC(C)([N+](=O)[O-])[N+](=O)[O-]. The van der Waals surface area contributed by atoms with Crippen molar-refractivity contribution < 1.29 is 19.3 Å². The fourth-order valence-electron chi connectivity index (χ4n) is 0.490. The van der Waals surface area contributed by atoms with Gasteiger partial charge in [0.15, 0.2) is 6.61 Å². The van der Waals surface area contributed by atoms with E-state index in [1.807, 2.05) is 0 Å². The van der Waals surface area contributed by atoms with Crippen molar-refractivity contribution in [2.45, 2.75) is 12.6 Å². The van der Waals surface area contributed by atoms with Crippen LogP contribution in [0.4, 0.5) is 0 Å². The summed E-state index contributed by atoms with van der Waals surface area (Å²) in [6.45, 7) is 0.0424. The standard InChI is InChI=1S/C5H10N2O6/c1-5(6(8)9,7(10)11)3-13-4-12-2/h3-4H2,1-2H3. The number of hydrogen-bond donors (Lipinski definition) is 0. The number of nitrogens with zero attached hydrogens (tertiary/aromatic N) is 2. The minimum Gasteiger partial charge on any atom is -0.359 e. The zero-order chi connectivity index (χ0) is 10.5. The second kappa shape index (κ2) is 4.67. The van der Waals surface area contributed by atoms with E-state index in [2.05, 4.69) is 9.47 Å². The van der Waals surface area contributed by atoms with Gasteiger partial charge >= 0.3 is 5.66 Å². The van der Waals surface area contributed by atoms with Gasteiger partial charge in [0.2, 0.25) is 0 Å². The zero-order valence-corrected chi connectivity index (χ0v) is 7.26. The average molecular weight is 194 g/mol. The summed E-state index contributed by atoms with van der Waals surface area (Å²) in [4.78, 5) is 18.6. The summed E-state index contributed by atoms with van der Waals surface area (Å²) in [5.41, 5.74) is -2.31. The summed E-state index contributed by atoms with van der Waals surface area (Å²) < 4.78 is 8.99. The maximum atomic E-state index is 10.3. The molecule has 76 valence electrons. The molecular weight excluding hydrogens is 184 g/mol. The highest BCUT2D eigenvalue weighted by Gasteiger charge is 2.50. The second-order valence-corrected chi connectivity index (χ2v) is 2.49. The summed E-state index contributed by atoms with van der Waals surface area (Å²) in [5, 5.41) is 20.6. The molecule has 0 N–H and O–H groups in total. The predicted molar refractivity (Wildman–Crippen MR) is 40.2 cm³/mol. The average Bonchev–Trinajstić information content (AvgIpc) is 2.03. The monoisotopic (exact) mass is 194 g/mol. The lowest BCUT2D eigenvalue weighted by molar-refractivity contribution is -0.794. The summed E-state index contributed by atoms with van der Waals surface area (Å²) in [6, 6.07) is 0. The maximum absolute atomic E-state index is 10.3. The van der Waals surface area contributed by atoms with E-state index in [-0.39, 0.29) is 6.79 Å². The first-order valence-corrected chi connectivity index (χ1v) is 3.31. The number of hydrogen-bond acceptors (Lipinski definition) is 6. The molecule has 0 aromatic carbocycles. The molecule has 0 fully saturated rings. The van der Waals surface area contributed by atoms with Crippen molar-refractivity contribution in [1.82, 2.24) is 0 Å². The fraction of sp³-hybridized carbons (Fsp3) is 1.00. The van der Waals surface area contributed by atoms with E-state index in [1.165, 1.54) is 7.11 Å². The molecule has 0 rings (SSSR count). The van der Waals surface area contributed by atoms with Gasteiger partial charge in [0.1, 0.15) is 16.6 Å². The maximum Gasteiger partial charge on any atom is 0.478 e. The molecular formula is C5H10N2O6. The normalized spacial score (nSPS) is 11.2. The molecule has 0 spiro atoms. The van der Waals surface area contributed by atoms with E-state index in [1.54, 1.807) is 0 Å². The molecule has 0 aliphatic rings. The quantitative estimate of drug-likeness (QED) is 0.252. The third kappa shape index (κ3) is 2.92. The molecule has 0 aliphatic carbocycles. The van der Waals surface area contributed by atoms with Gasteiger partial charge in [-0.1, -0.05) is 0 Å². The summed E-state index contributed by atoms with van der Waals surface area (Å²) >= 11 is 0. The van der Waals surface area contributed by atoms with E-state index in [0.29, 0.717) is 0 Å². The molecule has 0 saturated heterocycles. The summed E-state index contributed by atoms with van der Waals surface area (Å²) in [7, 11) is 1.32. The van der Waals surface area contributed by atoms with Gasteiger partial charge in [0.25, 0.3) is 0 Å². The van der Waals surface area contributed by atoms with Gasteiger partial charge in [-0.15, -0.1) is 0 Å². The largest absolute Gasteiger partial charge is 0.478 e. The molecule has 0 bridgehead atoms. The molecule has 0 radical (unpaired) electrons. The molecule has 13 heavy (non-hydrogen) atoms. The van der Waals surface area contributed by atoms with Crippen LogP contribution in [0.2, 0.25) is 0 Å². The highest BCUT2D eigenvalue weighted by Crippen LogP contribution is 2.10. The van der Waals surface area contributed by atoms with Gasteiger partial charge in [-0.25, -0.2) is 0 Å². The minimum atomic E-state index is -2.31. The van der Waals surface area contributed by atoms with E-state index in [4.69, 9.17) is 0 Å². The van der Waals surface area contributed by atoms with Crippen molar-refractivity contribution in [1.29, 1.82) is 0 Å². The highest BCUT2D eigenvalue weighted by atomic mass is 16.7. The van der Waals surface area contributed by atoms with Crippen LogP contribution in [0.3, 0.4) is 0 Å². The Labute approximate surface area is 73.7 Å². The van der Waals surface area contributed by atoms with E-state index in [9.17, 15) is 20.2 Å². The smallest absolute Gasteiger partial charge is 0.359 e. The molecule has 8 heteroatoms. The summed E-state index contributed by atoms with van der Waals surface area (Å²) in [5.74, 6) is 0. The molecule has 0 saturated carbocycles. The lowest BCUT2D eigenvalue weighted by atomic mass is 10.2. The van der Waals surface area contributed by atoms with Gasteiger partial charge < -0.3 is 9.47 Å². The van der Waals surface area contributed by atoms with Gasteiger partial charge in [-0.05, 0) is 0 Å². The van der Waals surface area contributed by atoms with Gasteiger partial charge in [-0.2, -0.15) is 0 Å². The number of ether oxygens (including phenoxy) is 2. The molecule has 8 nitrogen and oxygen atoms in total. The van der Waals surface area contributed by atoms with Crippen molar-refractivity contribution in [3.8, 4) is 0 Å². The molecule has 0 heterocycles. The van der Waals surface area contributed by atoms with E-state index >= 15 is 0 Å². The van der Waals surface area contributed by atoms with Crippen LogP contribution in [0.5, 0.6) is 0 Å². The molecule has 0 atom stereocenters. The van der Waals surface area contributed by atoms with Crippen LogP contribution in [-0.4, -0.2) is 36.0 Å². The molecule has 0 aromatic rings. The van der Waals surface area contributed by atoms with Crippen LogP contribution in [0.25, 0.3) is 0 Å². The third-order valence-electron chi connectivity index (χ3n) is 1.36. The molecule has 0 aromatic heterocycles. The van der Waals surface area contributed by atoms with Gasteiger partial charge in [-0.3, -0.25) is 20.2 Å². The van der Waals surface area contributed by atoms with E-state index in [0.717, 1.165) is 6.92 Å². The van der Waals surface area contributed by atoms with Crippen molar-refractivity contribution in [2.75, 3.05) is 20.5 Å². The number of rotatable bonds is 6. The Morgan fingerprint density at radius 3 is 2.08 bits per heavy atom. The van der Waals surface area contributed by atoms with Crippen molar-refractivity contribution in [2.24, 2.45) is 0 Å². The van der Waals surface area contributed by atoms with Crippen molar-refractivity contribution in [3.05, 3.63) is 20.2 Å². The first-order chi connectivity index (χ1) is 5.95. The van der Waals surface area contributed by atoms with Crippen LogP contribution >= 0.6 is 0 Å². The zero-order valence-electron chi connectivity index (χ0n) is 7.26. The Balaban J connectivity index is 4.26. The Hall–Kier alpha value is -1.28. The first kappa shape index (κ1) is 11.7. The summed E-state index contributed by atoms with van der Waals surface area (Å²) in [6.07, 6.45) is 0. The van der Waals surface area contributed by atoms with Crippen LogP contribution in [-0.2, 0) is 9.47 Å². The lowest BCUT2D eigenvalue weighted by Gasteiger charge is -2.11. The predicted octanol–water partition coefficient (Wildman–Crippen LogP) is -0.123. The second-order valence-electron chi connectivity index (χ2n) is 2.49. The Morgan fingerprint density at radius 2 is 1.77 bits per heavy atom. The van der Waals surface area contributed by atoms with Crippen LogP contribution in [0.15, 0.2) is 0 Å².